The van der Waals surface area contributed by atoms with E-state index in [0.29, 0.717) is 12.0 Å². The Hall–Kier alpha value is -1.36. The first-order chi connectivity index (χ1) is 8.70. The van der Waals surface area contributed by atoms with Crippen LogP contribution in [0.2, 0.25) is 0 Å². The number of nitrogens with zero attached hydrogens (tertiary/aromatic N) is 3. The molecular weight excluding hydrogens is 244 g/mol. The van der Waals surface area contributed by atoms with Gasteiger partial charge < -0.3 is 5.32 Å². The molecule has 1 aliphatic rings. The minimum Gasteiger partial charge on any atom is -0.354 e. The largest absolute Gasteiger partial charge is 0.354 e. The van der Waals surface area contributed by atoms with Gasteiger partial charge in [0.1, 0.15) is 0 Å². The first-order valence-corrected chi connectivity index (χ1v) is 7.33. The molecule has 5 heteroatoms. The van der Waals surface area contributed by atoms with E-state index in [1.165, 1.54) is 10.4 Å². The van der Waals surface area contributed by atoms with Crippen molar-refractivity contribution >= 4 is 17.3 Å². The zero-order chi connectivity index (χ0) is 12.7. The maximum atomic E-state index is 4.71. The fourth-order valence-electron chi connectivity index (χ4n) is 2.58. The molecule has 0 bridgehead atoms. The van der Waals surface area contributed by atoms with Gasteiger partial charge in [0.2, 0.25) is 5.95 Å². The molecule has 0 fully saturated rings. The van der Waals surface area contributed by atoms with Gasteiger partial charge in [0.25, 0.3) is 0 Å². The van der Waals surface area contributed by atoms with E-state index >= 15 is 0 Å². The van der Waals surface area contributed by atoms with Crippen LogP contribution in [0, 0.1) is 12.8 Å². The molecule has 2 aromatic rings. The average molecular weight is 262 g/mol. The lowest BCUT2D eigenvalue weighted by atomic mass is 9.98. The molecule has 1 aliphatic heterocycles. The number of fused-ring (bicyclic) bond motifs is 1. The molecular formula is C13H18N4S. The van der Waals surface area contributed by atoms with Crippen molar-refractivity contribution < 1.29 is 0 Å². The lowest BCUT2D eigenvalue weighted by molar-refractivity contribution is 0.312. The van der Waals surface area contributed by atoms with E-state index in [9.17, 15) is 0 Å². The van der Waals surface area contributed by atoms with E-state index in [1.54, 1.807) is 11.3 Å². The summed E-state index contributed by atoms with van der Waals surface area (Å²) in [6, 6.07) is 2.58. The first kappa shape index (κ1) is 11.7. The van der Waals surface area contributed by atoms with Crippen LogP contribution in [-0.4, -0.2) is 21.3 Å². The third-order valence-electron chi connectivity index (χ3n) is 3.67. The highest BCUT2D eigenvalue weighted by Gasteiger charge is 2.28. The molecule has 0 saturated carbocycles. The second-order valence-corrected chi connectivity index (χ2v) is 5.89. The van der Waals surface area contributed by atoms with Gasteiger partial charge >= 0.3 is 0 Å². The fourth-order valence-corrected chi connectivity index (χ4v) is 3.43. The third-order valence-corrected chi connectivity index (χ3v) is 4.68. The van der Waals surface area contributed by atoms with Crippen molar-refractivity contribution in [2.24, 2.45) is 5.92 Å². The molecule has 1 N–H and O–H groups in total. The summed E-state index contributed by atoms with van der Waals surface area (Å²) in [4.78, 5) is 5.82. The van der Waals surface area contributed by atoms with Gasteiger partial charge in [-0.3, -0.25) is 0 Å². The van der Waals surface area contributed by atoms with E-state index in [4.69, 9.17) is 5.10 Å². The third kappa shape index (κ3) is 1.73. The number of hydrogen-bond acceptors (Lipinski definition) is 4. The van der Waals surface area contributed by atoms with Crippen molar-refractivity contribution in [2.45, 2.75) is 33.2 Å². The van der Waals surface area contributed by atoms with E-state index in [2.05, 4.69) is 47.2 Å². The SMILES string of the molecule is CCC1C(C)CNc2nc(-c3sccc3C)nn21. The smallest absolute Gasteiger partial charge is 0.222 e. The number of aromatic nitrogens is 3. The van der Waals surface area contributed by atoms with Gasteiger partial charge in [-0.25, -0.2) is 4.68 Å². The molecule has 0 amide bonds. The van der Waals surface area contributed by atoms with Crippen LogP contribution in [-0.2, 0) is 0 Å². The number of thiophene rings is 1. The van der Waals surface area contributed by atoms with E-state index in [1.807, 2.05) is 0 Å². The number of aryl methyl sites for hydroxylation is 1. The molecule has 0 aliphatic carbocycles. The number of nitrogens with one attached hydrogen (secondary N) is 1. The summed E-state index contributed by atoms with van der Waals surface area (Å²) in [6.45, 7) is 7.58. The van der Waals surface area contributed by atoms with Gasteiger partial charge in [-0.15, -0.1) is 16.4 Å². The highest BCUT2D eigenvalue weighted by Crippen LogP contribution is 2.33. The van der Waals surface area contributed by atoms with Gasteiger partial charge in [-0.1, -0.05) is 13.8 Å². The fraction of sp³-hybridized carbons (Fsp3) is 0.538. The molecule has 0 spiro atoms. The maximum Gasteiger partial charge on any atom is 0.222 e. The summed E-state index contributed by atoms with van der Waals surface area (Å²) >= 11 is 1.71. The summed E-state index contributed by atoms with van der Waals surface area (Å²) in [6.07, 6.45) is 1.10. The van der Waals surface area contributed by atoms with Crippen molar-refractivity contribution in [3.8, 4) is 10.7 Å². The molecule has 2 atom stereocenters. The van der Waals surface area contributed by atoms with Crippen molar-refractivity contribution in [1.29, 1.82) is 0 Å². The Bertz CT molecular complexity index is 557. The van der Waals surface area contributed by atoms with Crippen molar-refractivity contribution in [3.05, 3.63) is 17.0 Å². The number of hydrogen-bond donors (Lipinski definition) is 1. The molecule has 0 aromatic carbocycles. The van der Waals surface area contributed by atoms with Crippen LogP contribution >= 0.6 is 11.3 Å². The summed E-state index contributed by atoms with van der Waals surface area (Å²) in [5, 5.41) is 10.2. The maximum absolute atomic E-state index is 4.71. The standard InChI is InChI=1S/C13H18N4S/c1-4-10-9(3)7-14-13-15-12(16-17(10)13)11-8(2)5-6-18-11/h5-6,9-10H,4,7H2,1-3H3,(H,14,15,16). The first-order valence-electron chi connectivity index (χ1n) is 6.45. The Balaban J connectivity index is 2.04. The highest BCUT2D eigenvalue weighted by molar-refractivity contribution is 7.13. The molecule has 0 saturated heterocycles. The van der Waals surface area contributed by atoms with Gasteiger partial charge in [-0.2, -0.15) is 4.98 Å². The van der Waals surface area contributed by atoms with Gasteiger partial charge in [0.05, 0.1) is 10.9 Å². The van der Waals surface area contributed by atoms with Crippen molar-refractivity contribution in [2.75, 3.05) is 11.9 Å². The second kappa shape index (κ2) is 4.39. The molecule has 96 valence electrons. The lowest BCUT2D eigenvalue weighted by Gasteiger charge is -2.29. The lowest BCUT2D eigenvalue weighted by Crippen LogP contribution is -2.31. The highest BCUT2D eigenvalue weighted by atomic mass is 32.1. The summed E-state index contributed by atoms with van der Waals surface area (Å²) in [7, 11) is 0. The van der Waals surface area contributed by atoms with Crippen LogP contribution < -0.4 is 5.32 Å². The van der Waals surface area contributed by atoms with Gasteiger partial charge in [0, 0.05) is 6.54 Å². The van der Waals surface area contributed by atoms with E-state index < -0.39 is 0 Å². The second-order valence-electron chi connectivity index (χ2n) is 4.97. The molecule has 4 nitrogen and oxygen atoms in total. The normalized spacial score (nSPS) is 22.6. The summed E-state index contributed by atoms with van der Waals surface area (Å²) in [5.41, 5.74) is 1.25. The molecule has 2 unspecified atom stereocenters. The Kier molecular flexibility index (Phi) is 2.86. The molecule has 18 heavy (non-hydrogen) atoms. The average Bonchev–Trinajstić information content (AvgIpc) is 2.94. The predicted molar refractivity (Wildman–Crippen MR) is 75.1 cm³/mol. The quantitative estimate of drug-likeness (QED) is 0.902. The Morgan fingerprint density at radius 2 is 2.39 bits per heavy atom. The molecule has 2 aromatic heterocycles. The van der Waals surface area contributed by atoms with Crippen LogP contribution in [0.4, 0.5) is 5.95 Å². The van der Waals surface area contributed by atoms with Crippen LogP contribution in [0.1, 0.15) is 31.9 Å². The zero-order valence-corrected chi connectivity index (χ0v) is 11.8. The summed E-state index contributed by atoms with van der Waals surface area (Å²) in [5.74, 6) is 2.38. The summed E-state index contributed by atoms with van der Waals surface area (Å²) < 4.78 is 2.07. The van der Waals surface area contributed by atoms with Crippen LogP contribution in [0.3, 0.4) is 0 Å². The van der Waals surface area contributed by atoms with Crippen molar-refractivity contribution in [1.82, 2.24) is 14.8 Å². The number of rotatable bonds is 2. The minimum absolute atomic E-state index is 0.461. The van der Waals surface area contributed by atoms with Gasteiger partial charge in [0.15, 0.2) is 5.82 Å². The Morgan fingerprint density at radius 1 is 1.56 bits per heavy atom. The Morgan fingerprint density at radius 3 is 3.06 bits per heavy atom. The van der Waals surface area contributed by atoms with Crippen LogP contribution in [0.15, 0.2) is 11.4 Å². The van der Waals surface area contributed by atoms with Crippen LogP contribution in [0.25, 0.3) is 10.7 Å². The molecule has 3 heterocycles. The minimum atomic E-state index is 0.461. The topological polar surface area (TPSA) is 42.7 Å². The molecule has 3 rings (SSSR count). The Labute approximate surface area is 111 Å². The zero-order valence-electron chi connectivity index (χ0n) is 11.0. The van der Waals surface area contributed by atoms with Gasteiger partial charge in [-0.05, 0) is 36.3 Å². The van der Waals surface area contributed by atoms with Crippen molar-refractivity contribution in [3.63, 3.8) is 0 Å². The number of anilines is 1. The van der Waals surface area contributed by atoms with E-state index in [0.717, 1.165) is 24.7 Å². The van der Waals surface area contributed by atoms with E-state index in [-0.39, 0.29) is 0 Å². The van der Waals surface area contributed by atoms with Crippen LogP contribution in [0.5, 0.6) is 0 Å². The predicted octanol–water partition coefficient (Wildman–Crippen LogP) is 3.33. The monoisotopic (exact) mass is 262 g/mol. The molecule has 0 radical (unpaired) electrons.